The minimum Gasteiger partial charge on any atom is -0.481 e. The summed E-state index contributed by atoms with van der Waals surface area (Å²) in [6, 6.07) is 13.6. The zero-order chi connectivity index (χ0) is 22.5. The van der Waals surface area contributed by atoms with E-state index >= 15 is 0 Å². The number of rotatable bonds is 6. The van der Waals surface area contributed by atoms with Crippen LogP contribution >= 0.6 is 0 Å². The van der Waals surface area contributed by atoms with Gasteiger partial charge in [-0.3, -0.25) is 9.78 Å². The Labute approximate surface area is 188 Å². The molecule has 1 aromatic carbocycles. The van der Waals surface area contributed by atoms with Crippen molar-refractivity contribution in [3.8, 4) is 5.75 Å². The first kappa shape index (κ1) is 21.7. The second-order valence-electron chi connectivity index (χ2n) is 8.29. The first-order valence-corrected chi connectivity index (χ1v) is 11.0. The number of aryl methyl sites for hydroxylation is 2. The van der Waals surface area contributed by atoms with Crippen LogP contribution in [0.2, 0.25) is 0 Å². The molecule has 3 aromatic rings. The van der Waals surface area contributed by atoms with E-state index in [-0.39, 0.29) is 5.91 Å². The molecule has 7 nitrogen and oxygen atoms in total. The van der Waals surface area contributed by atoms with Crippen molar-refractivity contribution >= 4 is 17.5 Å². The van der Waals surface area contributed by atoms with Crippen LogP contribution in [0.1, 0.15) is 42.6 Å². The van der Waals surface area contributed by atoms with Crippen molar-refractivity contribution in [3.63, 3.8) is 0 Å². The molecular weight excluding hydrogens is 402 g/mol. The lowest BCUT2D eigenvalue weighted by Gasteiger charge is -2.33. The van der Waals surface area contributed by atoms with Crippen molar-refractivity contribution in [2.75, 3.05) is 18.4 Å². The predicted molar refractivity (Wildman–Crippen MR) is 124 cm³/mol. The molecule has 0 bridgehead atoms. The largest absolute Gasteiger partial charge is 0.481 e. The van der Waals surface area contributed by atoms with Gasteiger partial charge in [-0.2, -0.15) is 0 Å². The second-order valence-corrected chi connectivity index (χ2v) is 8.29. The number of hydrogen-bond donors (Lipinski definition) is 1. The van der Waals surface area contributed by atoms with Crippen LogP contribution < -0.4 is 10.1 Å². The third-order valence-electron chi connectivity index (χ3n) is 5.70. The molecule has 0 aliphatic carbocycles. The third kappa shape index (κ3) is 5.41. The maximum absolute atomic E-state index is 12.9. The Morgan fingerprint density at radius 3 is 2.47 bits per heavy atom. The van der Waals surface area contributed by atoms with E-state index in [0.717, 1.165) is 41.2 Å². The number of anilines is 2. The Morgan fingerprint density at radius 2 is 1.78 bits per heavy atom. The molecule has 0 saturated carbocycles. The Kier molecular flexibility index (Phi) is 6.63. The van der Waals surface area contributed by atoms with Crippen molar-refractivity contribution < 1.29 is 9.53 Å². The first-order valence-electron chi connectivity index (χ1n) is 11.0. The van der Waals surface area contributed by atoms with Gasteiger partial charge in [0.2, 0.25) is 5.95 Å². The molecule has 1 unspecified atom stereocenters. The number of hydrogen-bond acceptors (Lipinski definition) is 6. The van der Waals surface area contributed by atoms with Crippen LogP contribution in [-0.4, -0.2) is 45.0 Å². The summed E-state index contributed by atoms with van der Waals surface area (Å²) in [4.78, 5) is 28.0. The molecular formula is C25H29N5O2. The summed E-state index contributed by atoms with van der Waals surface area (Å²) in [7, 11) is 0. The van der Waals surface area contributed by atoms with E-state index in [9.17, 15) is 4.79 Å². The van der Waals surface area contributed by atoms with E-state index < -0.39 is 6.10 Å². The van der Waals surface area contributed by atoms with Gasteiger partial charge in [0.05, 0.1) is 0 Å². The summed E-state index contributed by atoms with van der Waals surface area (Å²) in [6.07, 6.45) is 4.66. The highest BCUT2D eigenvalue weighted by molar-refractivity contribution is 5.81. The van der Waals surface area contributed by atoms with Crippen molar-refractivity contribution in [2.24, 2.45) is 0 Å². The number of benzene rings is 1. The number of nitrogens with one attached hydrogen (secondary N) is 1. The summed E-state index contributed by atoms with van der Waals surface area (Å²) in [5.41, 5.74) is 4.08. The molecule has 3 heterocycles. The lowest BCUT2D eigenvalue weighted by atomic mass is 9.92. The minimum absolute atomic E-state index is 0.0322. The number of piperidine rings is 1. The minimum atomic E-state index is -0.506. The highest BCUT2D eigenvalue weighted by Crippen LogP contribution is 2.30. The Bertz CT molecular complexity index is 1050. The first-order chi connectivity index (χ1) is 15.5. The summed E-state index contributed by atoms with van der Waals surface area (Å²) in [5.74, 6) is 1.62. The quantitative estimate of drug-likeness (QED) is 0.623. The predicted octanol–water partition coefficient (Wildman–Crippen LogP) is 4.41. The number of nitrogens with zero attached hydrogens (tertiary/aromatic N) is 4. The highest BCUT2D eigenvalue weighted by Gasteiger charge is 2.28. The van der Waals surface area contributed by atoms with Gasteiger partial charge in [-0.25, -0.2) is 9.97 Å². The van der Waals surface area contributed by atoms with Crippen molar-refractivity contribution in [1.82, 2.24) is 19.9 Å². The summed E-state index contributed by atoms with van der Waals surface area (Å²) >= 11 is 0. The van der Waals surface area contributed by atoms with Crippen LogP contribution in [0.4, 0.5) is 11.6 Å². The van der Waals surface area contributed by atoms with E-state index in [1.54, 1.807) is 18.5 Å². The van der Waals surface area contributed by atoms with Crippen LogP contribution in [-0.2, 0) is 4.79 Å². The smallest absolute Gasteiger partial charge is 0.263 e. The normalized spacial score (nSPS) is 15.3. The van der Waals surface area contributed by atoms with Gasteiger partial charge in [-0.1, -0.05) is 17.7 Å². The number of aromatic nitrogens is 3. The molecule has 1 amide bonds. The van der Waals surface area contributed by atoms with Gasteiger partial charge < -0.3 is 15.0 Å². The monoisotopic (exact) mass is 431 g/mol. The Hall–Kier alpha value is -3.48. The molecule has 7 heteroatoms. The number of carbonyl (C=O) groups excluding carboxylic acids is 1. The van der Waals surface area contributed by atoms with Crippen molar-refractivity contribution in [2.45, 2.75) is 45.6 Å². The van der Waals surface area contributed by atoms with Crippen LogP contribution in [0.15, 0.2) is 54.9 Å². The van der Waals surface area contributed by atoms with Gasteiger partial charge in [0, 0.05) is 48.5 Å². The summed E-state index contributed by atoms with van der Waals surface area (Å²) < 4.78 is 5.86. The lowest BCUT2D eigenvalue weighted by Crippen LogP contribution is -2.44. The molecule has 0 spiro atoms. The summed E-state index contributed by atoms with van der Waals surface area (Å²) in [6.45, 7) is 7.24. The maximum Gasteiger partial charge on any atom is 0.263 e. The van der Waals surface area contributed by atoms with Gasteiger partial charge in [-0.15, -0.1) is 0 Å². The molecule has 1 saturated heterocycles. The fourth-order valence-electron chi connectivity index (χ4n) is 3.99. The number of pyridine rings is 1. The molecule has 166 valence electrons. The third-order valence-corrected chi connectivity index (χ3v) is 5.70. The van der Waals surface area contributed by atoms with Crippen molar-refractivity contribution in [1.29, 1.82) is 0 Å². The van der Waals surface area contributed by atoms with Gasteiger partial charge in [-0.05, 0) is 63.9 Å². The Balaban J connectivity index is 1.35. The molecule has 1 N–H and O–H groups in total. The fraction of sp³-hybridized carbons (Fsp3) is 0.360. The van der Waals surface area contributed by atoms with E-state index in [1.807, 2.05) is 56.0 Å². The molecule has 1 atom stereocenters. The summed E-state index contributed by atoms with van der Waals surface area (Å²) in [5, 5.41) is 3.25. The van der Waals surface area contributed by atoms with Crippen LogP contribution in [0.5, 0.6) is 5.75 Å². The SMILES string of the molecule is Cc1ccc(OC(C)C(=O)N2CCC(c3cc(Nc4ncccn4)cc(C)n3)CC2)cc1. The standard InChI is InChI=1S/C25H29N5O2/c1-17-5-7-22(8-6-17)32-19(3)24(31)30-13-9-20(10-14-30)23-16-21(15-18(2)28-23)29-25-26-11-4-12-27-25/h4-8,11-12,15-16,19-20H,9-10,13-14H2,1-3H3,(H,26,27,28,29). The van der Waals surface area contributed by atoms with Gasteiger partial charge in [0.15, 0.2) is 6.10 Å². The zero-order valence-corrected chi connectivity index (χ0v) is 18.8. The van der Waals surface area contributed by atoms with Crippen LogP contribution in [0.25, 0.3) is 0 Å². The lowest BCUT2D eigenvalue weighted by molar-refractivity contribution is -0.139. The van der Waals surface area contributed by atoms with Gasteiger partial charge in [0.1, 0.15) is 5.75 Å². The molecule has 1 aliphatic heterocycles. The number of carbonyl (C=O) groups is 1. The topological polar surface area (TPSA) is 80.2 Å². The van der Waals surface area contributed by atoms with E-state index in [1.165, 1.54) is 0 Å². The number of amides is 1. The van der Waals surface area contributed by atoms with E-state index in [2.05, 4.69) is 21.4 Å². The number of likely N-dealkylation sites (tertiary alicyclic amines) is 1. The second kappa shape index (κ2) is 9.77. The molecule has 1 fully saturated rings. The molecule has 4 rings (SSSR count). The maximum atomic E-state index is 12.9. The van der Waals surface area contributed by atoms with E-state index in [4.69, 9.17) is 9.72 Å². The number of ether oxygens (including phenoxy) is 1. The average molecular weight is 432 g/mol. The molecule has 0 radical (unpaired) electrons. The van der Waals surface area contributed by atoms with Gasteiger partial charge in [0.25, 0.3) is 5.91 Å². The Morgan fingerprint density at radius 1 is 1.09 bits per heavy atom. The molecule has 2 aromatic heterocycles. The van der Waals surface area contributed by atoms with Gasteiger partial charge >= 0.3 is 0 Å². The van der Waals surface area contributed by atoms with E-state index in [0.29, 0.717) is 25.0 Å². The molecule has 1 aliphatic rings. The fourth-order valence-corrected chi connectivity index (χ4v) is 3.99. The zero-order valence-electron chi connectivity index (χ0n) is 18.8. The van der Waals surface area contributed by atoms with Crippen LogP contribution in [0, 0.1) is 13.8 Å². The average Bonchev–Trinajstić information content (AvgIpc) is 2.80. The van der Waals surface area contributed by atoms with Crippen molar-refractivity contribution in [3.05, 3.63) is 71.8 Å². The van der Waals surface area contributed by atoms with Crippen LogP contribution in [0.3, 0.4) is 0 Å². The highest BCUT2D eigenvalue weighted by atomic mass is 16.5. The molecule has 32 heavy (non-hydrogen) atoms.